The van der Waals surface area contributed by atoms with Crippen molar-refractivity contribution in [3.63, 3.8) is 0 Å². The number of ether oxygens (including phenoxy) is 2. The molecule has 1 heterocycles. The topological polar surface area (TPSA) is 67.9 Å². The first kappa shape index (κ1) is 15.8. The van der Waals surface area contributed by atoms with Gasteiger partial charge < -0.3 is 14.8 Å². The monoisotopic (exact) mass is 272 g/mol. The van der Waals surface area contributed by atoms with Gasteiger partial charge in [-0.1, -0.05) is 0 Å². The first-order chi connectivity index (χ1) is 8.85. The van der Waals surface area contributed by atoms with Crippen molar-refractivity contribution in [3.8, 4) is 0 Å². The van der Waals surface area contributed by atoms with Gasteiger partial charge in [-0.25, -0.2) is 4.79 Å². The van der Waals surface area contributed by atoms with Crippen molar-refractivity contribution in [1.82, 2.24) is 10.2 Å². The Morgan fingerprint density at radius 2 is 2.00 bits per heavy atom. The van der Waals surface area contributed by atoms with Crippen molar-refractivity contribution in [2.24, 2.45) is 0 Å². The number of carbonyl (C=O) groups is 2. The highest BCUT2D eigenvalue weighted by Gasteiger charge is 2.34. The standard InChI is InChI=1S/C13H24N2O4/c1-13(2,3)19-12(17)15-8-6-5-7-10(15)11(16)14-9-18-4/h10H,5-9H2,1-4H3,(H,14,16)/t10-/m1/s1. The summed E-state index contributed by atoms with van der Waals surface area (Å²) in [6, 6.07) is -0.459. The number of likely N-dealkylation sites (tertiary alicyclic amines) is 1. The molecule has 1 N–H and O–H groups in total. The zero-order chi connectivity index (χ0) is 14.5. The highest BCUT2D eigenvalue weighted by molar-refractivity contribution is 5.85. The third kappa shape index (κ3) is 5.06. The van der Waals surface area contributed by atoms with E-state index in [9.17, 15) is 9.59 Å². The first-order valence-corrected chi connectivity index (χ1v) is 6.61. The maximum atomic E-state index is 12.1. The molecule has 110 valence electrons. The van der Waals surface area contributed by atoms with Crippen LogP contribution in [0.25, 0.3) is 0 Å². The first-order valence-electron chi connectivity index (χ1n) is 6.61. The molecular weight excluding hydrogens is 248 g/mol. The third-order valence-electron chi connectivity index (χ3n) is 2.82. The molecular formula is C13H24N2O4. The van der Waals surface area contributed by atoms with Crippen LogP contribution in [-0.2, 0) is 14.3 Å². The summed E-state index contributed by atoms with van der Waals surface area (Å²) in [7, 11) is 1.51. The van der Waals surface area contributed by atoms with E-state index < -0.39 is 17.7 Å². The van der Waals surface area contributed by atoms with Gasteiger partial charge in [0.25, 0.3) is 0 Å². The Bertz CT molecular complexity index is 325. The third-order valence-corrected chi connectivity index (χ3v) is 2.82. The molecule has 1 atom stereocenters. The second-order valence-electron chi connectivity index (χ2n) is 5.66. The molecule has 1 aliphatic heterocycles. The van der Waals surface area contributed by atoms with Crippen molar-refractivity contribution < 1.29 is 19.1 Å². The van der Waals surface area contributed by atoms with E-state index in [0.29, 0.717) is 13.0 Å². The summed E-state index contributed by atoms with van der Waals surface area (Å²) in [6.07, 6.45) is 2.07. The smallest absolute Gasteiger partial charge is 0.410 e. The average Bonchev–Trinajstić information content (AvgIpc) is 2.34. The van der Waals surface area contributed by atoms with Crippen LogP contribution in [0.5, 0.6) is 0 Å². The van der Waals surface area contributed by atoms with E-state index in [1.165, 1.54) is 12.0 Å². The summed E-state index contributed by atoms with van der Waals surface area (Å²) in [4.78, 5) is 25.6. The molecule has 0 aromatic carbocycles. The summed E-state index contributed by atoms with van der Waals surface area (Å²) in [5.74, 6) is -0.188. The fraction of sp³-hybridized carbons (Fsp3) is 0.846. The lowest BCUT2D eigenvalue weighted by molar-refractivity contribution is -0.129. The highest BCUT2D eigenvalue weighted by atomic mass is 16.6. The SMILES string of the molecule is COCNC(=O)[C@H]1CCCCN1C(=O)OC(C)(C)C. The maximum absolute atomic E-state index is 12.1. The van der Waals surface area contributed by atoms with Crippen LogP contribution in [0.4, 0.5) is 4.79 Å². The number of nitrogens with one attached hydrogen (secondary N) is 1. The number of carbonyl (C=O) groups excluding carboxylic acids is 2. The summed E-state index contributed by atoms with van der Waals surface area (Å²) >= 11 is 0. The fourth-order valence-corrected chi connectivity index (χ4v) is 2.00. The van der Waals surface area contributed by atoms with Crippen molar-refractivity contribution in [3.05, 3.63) is 0 Å². The molecule has 0 saturated carbocycles. The molecule has 0 unspecified atom stereocenters. The minimum Gasteiger partial charge on any atom is -0.444 e. The van der Waals surface area contributed by atoms with Crippen LogP contribution in [0.1, 0.15) is 40.0 Å². The lowest BCUT2D eigenvalue weighted by Gasteiger charge is -2.35. The summed E-state index contributed by atoms with van der Waals surface area (Å²) in [6.45, 7) is 6.15. The van der Waals surface area contributed by atoms with Crippen LogP contribution < -0.4 is 5.32 Å². The largest absolute Gasteiger partial charge is 0.444 e. The molecule has 0 aliphatic carbocycles. The van der Waals surface area contributed by atoms with Crippen molar-refractivity contribution in [1.29, 1.82) is 0 Å². The van der Waals surface area contributed by atoms with E-state index in [0.717, 1.165) is 12.8 Å². The molecule has 1 fully saturated rings. The quantitative estimate of drug-likeness (QED) is 0.790. The Balaban J connectivity index is 2.66. The van der Waals surface area contributed by atoms with Gasteiger partial charge in [0.1, 0.15) is 18.4 Å². The zero-order valence-corrected chi connectivity index (χ0v) is 12.2. The Morgan fingerprint density at radius 1 is 1.32 bits per heavy atom. The molecule has 2 amide bonds. The molecule has 1 saturated heterocycles. The van der Waals surface area contributed by atoms with Gasteiger partial charge in [-0.05, 0) is 40.0 Å². The second-order valence-corrected chi connectivity index (χ2v) is 5.66. The Kier molecular flexibility index (Phi) is 5.60. The van der Waals surface area contributed by atoms with Crippen LogP contribution in [0.3, 0.4) is 0 Å². The van der Waals surface area contributed by atoms with Gasteiger partial charge in [0.15, 0.2) is 0 Å². The maximum Gasteiger partial charge on any atom is 0.410 e. The molecule has 19 heavy (non-hydrogen) atoms. The minimum absolute atomic E-state index is 0.150. The molecule has 0 radical (unpaired) electrons. The van der Waals surface area contributed by atoms with Crippen molar-refractivity contribution in [2.45, 2.75) is 51.7 Å². The molecule has 1 rings (SSSR count). The van der Waals surface area contributed by atoms with Gasteiger partial charge in [-0.3, -0.25) is 9.69 Å². The number of hydrogen-bond donors (Lipinski definition) is 1. The van der Waals surface area contributed by atoms with Crippen LogP contribution in [0.15, 0.2) is 0 Å². The van der Waals surface area contributed by atoms with E-state index in [4.69, 9.17) is 9.47 Å². The molecule has 6 heteroatoms. The molecule has 1 aliphatic rings. The predicted octanol–water partition coefficient (Wildman–Crippen LogP) is 1.50. The van der Waals surface area contributed by atoms with Gasteiger partial charge in [-0.2, -0.15) is 0 Å². The molecule has 0 bridgehead atoms. The highest BCUT2D eigenvalue weighted by Crippen LogP contribution is 2.20. The Labute approximate surface area is 114 Å². The van der Waals surface area contributed by atoms with E-state index in [1.807, 2.05) is 20.8 Å². The van der Waals surface area contributed by atoms with Gasteiger partial charge in [-0.15, -0.1) is 0 Å². The lowest BCUT2D eigenvalue weighted by Crippen LogP contribution is -2.53. The molecule has 0 spiro atoms. The molecule has 0 aromatic heterocycles. The van der Waals surface area contributed by atoms with E-state index in [-0.39, 0.29) is 12.6 Å². The Morgan fingerprint density at radius 3 is 2.58 bits per heavy atom. The van der Waals surface area contributed by atoms with Crippen LogP contribution >= 0.6 is 0 Å². The molecule has 6 nitrogen and oxygen atoms in total. The van der Waals surface area contributed by atoms with Gasteiger partial charge in [0, 0.05) is 13.7 Å². The number of nitrogens with zero attached hydrogens (tertiary/aromatic N) is 1. The predicted molar refractivity (Wildman–Crippen MR) is 70.6 cm³/mol. The van der Waals surface area contributed by atoms with E-state index in [2.05, 4.69) is 5.32 Å². The van der Waals surface area contributed by atoms with E-state index in [1.54, 1.807) is 0 Å². The summed E-state index contributed by atoms with van der Waals surface area (Å²) in [5.41, 5.74) is -0.553. The van der Waals surface area contributed by atoms with E-state index >= 15 is 0 Å². The number of amides is 2. The summed E-state index contributed by atoms with van der Waals surface area (Å²) < 4.78 is 10.2. The number of rotatable bonds is 3. The number of piperidine rings is 1. The van der Waals surface area contributed by atoms with Gasteiger partial charge >= 0.3 is 6.09 Å². The lowest BCUT2D eigenvalue weighted by atomic mass is 10.0. The van der Waals surface area contributed by atoms with Gasteiger partial charge in [0.2, 0.25) is 5.91 Å². The van der Waals surface area contributed by atoms with Crippen LogP contribution in [0.2, 0.25) is 0 Å². The molecule has 0 aromatic rings. The normalized spacial score (nSPS) is 20.0. The number of methoxy groups -OCH3 is 1. The second kappa shape index (κ2) is 6.75. The zero-order valence-electron chi connectivity index (χ0n) is 12.2. The fourth-order valence-electron chi connectivity index (χ4n) is 2.00. The Hall–Kier alpha value is -1.30. The van der Waals surface area contributed by atoms with Crippen LogP contribution in [-0.4, -0.2) is 48.9 Å². The van der Waals surface area contributed by atoms with Gasteiger partial charge in [0.05, 0.1) is 0 Å². The summed E-state index contributed by atoms with van der Waals surface area (Å²) in [5, 5.41) is 2.64. The minimum atomic E-state index is -0.553. The average molecular weight is 272 g/mol. The van der Waals surface area contributed by atoms with Crippen molar-refractivity contribution in [2.75, 3.05) is 20.4 Å². The van der Waals surface area contributed by atoms with Crippen molar-refractivity contribution >= 4 is 12.0 Å². The number of hydrogen-bond acceptors (Lipinski definition) is 4. The van der Waals surface area contributed by atoms with Crippen LogP contribution in [0, 0.1) is 0 Å².